The minimum absolute atomic E-state index is 0.0637. The van der Waals surface area contributed by atoms with Crippen LogP contribution in [0.15, 0.2) is 29.4 Å². The number of amides is 1. The molecule has 0 spiro atoms. The van der Waals surface area contributed by atoms with Gasteiger partial charge in [-0.2, -0.15) is 0 Å². The number of hydrogen-bond acceptors (Lipinski definition) is 3. The summed E-state index contributed by atoms with van der Waals surface area (Å²) in [5, 5.41) is 11.4. The van der Waals surface area contributed by atoms with E-state index in [4.69, 9.17) is 10.9 Å². The van der Waals surface area contributed by atoms with E-state index >= 15 is 0 Å². The Labute approximate surface area is 105 Å². The van der Waals surface area contributed by atoms with Gasteiger partial charge in [0.05, 0.1) is 0 Å². The van der Waals surface area contributed by atoms with Crippen molar-refractivity contribution in [3.8, 4) is 0 Å². The molecule has 1 amide bonds. The molecule has 0 aliphatic heterocycles. The third kappa shape index (κ3) is 3.44. The van der Waals surface area contributed by atoms with Crippen molar-refractivity contribution in [2.24, 2.45) is 16.8 Å². The van der Waals surface area contributed by atoms with Gasteiger partial charge in [0.25, 0.3) is 5.91 Å². The van der Waals surface area contributed by atoms with Crippen LogP contribution in [0.5, 0.6) is 0 Å². The molecule has 18 heavy (non-hydrogen) atoms. The Morgan fingerprint density at radius 1 is 1.50 bits per heavy atom. The summed E-state index contributed by atoms with van der Waals surface area (Å²) >= 11 is 0. The van der Waals surface area contributed by atoms with Crippen LogP contribution in [0.2, 0.25) is 0 Å². The molecule has 1 atom stereocenters. The predicted octanol–water partition coefficient (Wildman–Crippen LogP) is 1.28. The lowest BCUT2D eigenvalue weighted by molar-refractivity contribution is 0.0786. The van der Waals surface area contributed by atoms with Gasteiger partial charge in [-0.05, 0) is 24.3 Å². The molecule has 0 fully saturated rings. The molecular weight excluding hydrogens is 237 g/mol. The summed E-state index contributed by atoms with van der Waals surface area (Å²) in [6, 6.07) is 5.30. The molecule has 0 aliphatic rings. The monoisotopic (exact) mass is 253 g/mol. The molecule has 1 aromatic carbocycles. The highest BCUT2D eigenvalue weighted by Crippen LogP contribution is 2.07. The Morgan fingerprint density at radius 2 is 2.06 bits per heavy atom. The zero-order valence-corrected chi connectivity index (χ0v) is 10.3. The third-order valence-electron chi connectivity index (χ3n) is 2.61. The maximum absolute atomic E-state index is 12.7. The van der Waals surface area contributed by atoms with Crippen LogP contribution in [0.1, 0.15) is 17.3 Å². The number of benzene rings is 1. The van der Waals surface area contributed by atoms with Gasteiger partial charge in [-0.3, -0.25) is 4.79 Å². The van der Waals surface area contributed by atoms with Crippen molar-refractivity contribution in [1.82, 2.24) is 4.90 Å². The molecule has 3 N–H and O–H groups in total. The normalized spacial score (nSPS) is 13.2. The van der Waals surface area contributed by atoms with Gasteiger partial charge in [-0.25, -0.2) is 4.39 Å². The molecular formula is C12H16FN3O2. The lowest BCUT2D eigenvalue weighted by Gasteiger charge is -2.20. The topological polar surface area (TPSA) is 78.9 Å². The van der Waals surface area contributed by atoms with Crippen LogP contribution in [0.4, 0.5) is 4.39 Å². The first kappa shape index (κ1) is 14.0. The predicted molar refractivity (Wildman–Crippen MR) is 65.9 cm³/mol. The van der Waals surface area contributed by atoms with Crippen LogP contribution in [0.25, 0.3) is 0 Å². The van der Waals surface area contributed by atoms with E-state index in [-0.39, 0.29) is 23.5 Å². The fourth-order valence-electron chi connectivity index (χ4n) is 1.50. The van der Waals surface area contributed by atoms with E-state index in [0.717, 1.165) is 0 Å². The third-order valence-corrected chi connectivity index (χ3v) is 2.61. The highest BCUT2D eigenvalue weighted by Gasteiger charge is 2.16. The number of hydrogen-bond donors (Lipinski definition) is 2. The van der Waals surface area contributed by atoms with Gasteiger partial charge in [0, 0.05) is 25.1 Å². The van der Waals surface area contributed by atoms with Crippen LogP contribution in [-0.2, 0) is 0 Å². The molecule has 0 aliphatic carbocycles. The molecule has 0 saturated heterocycles. The number of oxime groups is 1. The second-order valence-corrected chi connectivity index (χ2v) is 4.12. The second-order valence-electron chi connectivity index (χ2n) is 4.12. The Balaban J connectivity index is 2.70. The van der Waals surface area contributed by atoms with Crippen LogP contribution in [0.3, 0.4) is 0 Å². The van der Waals surface area contributed by atoms with Crippen LogP contribution in [0, 0.1) is 11.7 Å². The van der Waals surface area contributed by atoms with Crippen LogP contribution < -0.4 is 5.73 Å². The fourth-order valence-corrected chi connectivity index (χ4v) is 1.50. The molecule has 0 aromatic heterocycles. The van der Waals surface area contributed by atoms with Crippen LogP contribution >= 0.6 is 0 Å². The number of nitrogens with two attached hydrogens (primary N) is 1. The van der Waals surface area contributed by atoms with Crippen molar-refractivity contribution in [1.29, 1.82) is 0 Å². The minimum Gasteiger partial charge on any atom is -0.409 e. The van der Waals surface area contributed by atoms with E-state index < -0.39 is 0 Å². The first-order chi connectivity index (χ1) is 8.45. The Hall–Kier alpha value is -2.11. The number of nitrogens with zero attached hydrogens (tertiary/aromatic N) is 2. The quantitative estimate of drug-likeness (QED) is 0.367. The zero-order valence-electron chi connectivity index (χ0n) is 10.3. The average Bonchev–Trinajstić information content (AvgIpc) is 2.37. The minimum atomic E-state index is -0.390. The molecule has 1 unspecified atom stereocenters. The van der Waals surface area contributed by atoms with Gasteiger partial charge in [0.15, 0.2) is 0 Å². The Bertz CT molecular complexity index is 445. The molecule has 1 aromatic rings. The number of amidine groups is 1. The molecule has 0 saturated carbocycles. The van der Waals surface area contributed by atoms with Gasteiger partial charge in [0.1, 0.15) is 11.7 Å². The Morgan fingerprint density at radius 3 is 2.56 bits per heavy atom. The molecule has 0 bridgehead atoms. The van der Waals surface area contributed by atoms with Crippen LogP contribution in [-0.4, -0.2) is 35.4 Å². The molecule has 1 rings (SSSR count). The lowest BCUT2D eigenvalue weighted by atomic mass is 10.1. The Kier molecular flexibility index (Phi) is 4.65. The summed E-state index contributed by atoms with van der Waals surface area (Å²) in [6.07, 6.45) is 0. The van der Waals surface area contributed by atoms with E-state index in [9.17, 15) is 9.18 Å². The first-order valence-corrected chi connectivity index (χ1v) is 5.44. The number of halogens is 1. The molecule has 0 radical (unpaired) electrons. The maximum Gasteiger partial charge on any atom is 0.253 e. The molecule has 0 heterocycles. The second kappa shape index (κ2) is 6.00. The highest BCUT2D eigenvalue weighted by atomic mass is 19.1. The first-order valence-electron chi connectivity index (χ1n) is 5.44. The molecule has 5 nitrogen and oxygen atoms in total. The van der Waals surface area contributed by atoms with Crippen molar-refractivity contribution < 1.29 is 14.4 Å². The fraction of sp³-hybridized carbons (Fsp3) is 0.333. The van der Waals surface area contributed by atoms with Gasteiger partial charge in [-0.1, -0.05) is 12.1 Å². The largest absolute Gasteiger partial charge is 0.409 e. The van der Waals surface area contributed by atoms with Crippen molar-refractivity contribution in [3.05, 3.63) is 35.6 Å². The van der Waals surface area contributed by atoms with Gasteiger partial charge < -0.3 is 15.8 Å². The summed E-state index contributed by atoms with van der Waals surface area (Å²) < 4.78 is 12.7. The summed E-state index contributed by atoms with van der Waals surface area (Å²) in [4.78, 5) is 13.4. The summed E-state index contributed by atoms with van der Waals surface area (Å²) in [7, 11) is 1.60. The SMILES string of the molecule is CC(CN(C)C(=O)c1ccc(F)cc1)/C(N)=N/O. The standard InChI is InChI=1S/C12H16FN3O2/c1-8(11(14)15-18)7-16(2)12(17)9-3-5-10(13)6-4-9/h3-6,8,18H,7H2,1-2H3,(H2,14,15). The molecule has 98 valence electrons. The van der Waals surface area contributed by atoms with Crippen molar-refractivity contribution in [2.75, 3.05) is 13.6 Å². The highest BCUT2D eigenvalue weighted by molar-refractivity contribution is 5.94. The van der Waals surface area contributed by atoms with Crippen molar-refractivity contribution in [2.45, 2.75) is 6.92 Å². The number of rotatable bonds is 4. The maximum atomic E-state index is 12.7. The van der Waals surface area contributed by atoms with Crippen molar-refractivity contribution >= 4 is 11.7 Å². The van der Waals surface area contributed by atoms with E-state index in [0.29, 0.717) is 12.1 Å². The number of carbonyl (C=O) groups excluding carboxylic acids is 1. The summed E-state index contributed by atoms with van der Waals surface area (Å²) in [6.45, 7) is 2.05. The van der Waals surface area contributed by atoms with E-state index in [2.05, 4.69) is 5.16 Å². The summed E-state index contributed by atoms with van der Waals surface area (Å²) in [5.74, 6) is -0.829. The van der Waals surface area contributed by atoms with E-state index in [1.807, 2.05) is 0 Å². The lowest BCUT2D eigenvalue weighted by Crippen LogP contribution is -2.36. The van der Waals surface area contributed by atoms with E-state index in [1.165, 1.54) is 29.2 Å². The smallest absolute Gasteiger partial charge is 0.253 e. The molecule has 6 heteroatoms. The number of carbonyl (C=O) groups is 1. The van der Waals surface area contributed by atoms with Gasteiger partial charge in [-0.15, -0.1) is 0 Å². The van der Waals surface area contributed by atoms with E-state index in [1.54, 1.807) is 14.0 Å². The average molecular weight is 253 g/mol. The van der Waals surface area contributed by atoms with Gasteiger partial charge in [0.2, 0.25) is 0 Å². The van der Waals surface area contributed by atoms with Crippen molar-refractivity contribution in [3.63, 3.8) is 0 Å². The summed E-state index contributed by atoms with van der Waals surface area (Å²) in [5.41, 5.74) is 5.83. The zero-order chi connectivity index (χ0) is 13.7. The van der Waals surface area contributed by atoms with Gasteiger partial charge >= 0.3 is 0 Å².